The molecule has 0 fully saturated rings. The van der Waals surface area contributed by atoms with E-state index in [4.69, 9.17) is 0 Å². The van der Waals surface area contributed by atoms with E-state index in [1.165, 1.54) is 70.6 Å². The van der Waals surface area contributed by atoms with Crippen LogP contribution in [0, 0.1) is 0 Å². The van der Waals surface area contributed by atoms with Crippen molar-refractivity contribution in [1.82, 2.24) is 0 Å². The molecule has 0 radical (unpaired) electrons. The Balaban J connectivity index is 0. The summed E-state index contributed by atoms with van der Waals surface area (Å²) in [5, 5.41) is 9.36. The normalized spacial score (nSPS) is 13.7. The van der Waals surface area contributed by atoms with Crippen molar-refractivity contribution >= 4 is 10.1 Å². The van der Waals surface area contributed by atoms with Crippen LogP contribution >= 0.6 is 0 Å². The summed E-state index contributed by atoms with van der Waals surface area (Å²) in [7, 11) is -4.16. The number of hydrogen-bond acceptors (Lipinski definition) is 4. The van der Waals surface area contributed by atoms with Crippen molar-refractivity contribution in [2.24, 2.45) is 0 Å². The first kappa shape index (κ1) is 33.7. The molecule has 0 aliphatic carbocycles. The van der Waals surface area contributed by atoms with E-state index in [2.05, 4.69) is 6.92 Å². The van der Waals surface area contributed by atoms with E-state index in [9.17, 15) is 18.1 Å². The topological polar surface area (TPSA) is 77.4 Å². The van der Waals surface area contributed by atoms with E-state index in [0.717, 1.165) is 44.9 Å². The standard InChI is InChI=1S/C24H50O4S.K/c1-3-5-6-7-8-9-10-11-12-13-14-16-20-23(25)21-17-15-18-22-24(19-4-2)29(26,27)28;/h23-25H,3-22H2,1-2H3,(H,26,27,28);/q;+1/p-1. The van der Waals surface area contributed by atoms with Gasteiger partial charge in [-0.2, -0.15) is 0 Å². The van der Waals surface area contributed by atoms with Crippen molar-refractivity contribution in [2.75, 3.05) is 0 Å². The van der Waals surface area contributed by atoms with E-state index < -0.39 is 15.4 Å². The molecule has 0 saturated heterocycles. The van der Waals surface area contributed by atoms with Gasteiger partial charge in [0.1, 0.15) is 0 Å². The summed E-state index contributed by atoms with van der Waals surface area (Å²) in [6, 6.07) is 0. The zero-order valence-corrected chi connectivity index (χ0v) is 24.3. The fraction of sp³-hybridized carbons (Fsp3) is 1.00. The van der Waals surface area contributed by atoms with Crippen LogP contribution in [-0.4, -0.2) is 29.4 Å². The van der Waals surface area contributed by atoms with E-state index in [-0.39, 0.29) is 57.5 Å². The molecular weight excluding hydrogens is 423 g/mol. The molecule has 0 aliphatic heterocycles. The zero-order chi connectivity index (χ0) is 21.8. The van der Waals surface area contributed by atoms with Crippen LogP contribution in [0.25, 0.3) is 0 Å². The smallest absolute Gasteiger partial charge is 0.748 e. The van der Waals surface area contributed by atoms with E-state index in [1.54, 1.807) is 0 Å². The van der Waals surface area contributed by atoms with Crippen molar-refractivity contribution in [3.8, 4) is 0 Å². The maximum atomic E-state index is 11.2. The molecule has 2 atom stereocenters. The fourth-order valence-electron chi connectivity index (χ4n) is 4.05. The fourth-order valence-corrected chi connectivity index (χ4v) is 5.03. The number of rotatable bonds is 22. The predicted molar refractivity (Wildman–Crippen MR) is 123 cm³/mol. The van der Waals surface area contributed by atoms with Crippen LogP contribution in [-0.2, 0) is 10.1 Å². The van der Waals surface area contributed by atoms with Crippen molar-refractivity contribution in [3.63, 3.8) is 0 Å². The summed E-state index contributed by atoms with van der Waals surface area (Å²) in [6.45, 7) is 4.17. The average molecular weight is 473 g/mol. The third-order valence-electron chi connectivity index (χ3n) is 5.97. The van der Waals surface area contributed by atoms with Gasteiger partial charge in [-0.25, -0.2) is 8.42 Å². The minimum Gasteiger partial charge on any atom is -0.748 e. The van der Waals surface area contributed by atoms with Crippen molar-refractivity contribution < 1.29 is 69.5 Å². The van der Waals surface area contributed by atoms with Gasteiger partial charge in [0.15, 0.2) is 0 Å². The van der Waals surface area contributed by atoms with E-state index in [0.29, 0.717) is 12.8 Å². The van der Waals surface area contributed by atoms with Crippen LogP contribution in [0.4, 0.5) is 0 Å². The number of aliphatic hydroxyl groups excluding tert-OH is 1. The number of aliphatic hydroxyl groups is 1. The van der Waals surface area contributed by atoms with Gasteiger partial charge in [-0.15, -0.1) is 0 Å². The van der Waals surface area contributed by atoms with Crippen molar-refractivity contribution in [3.05, 3.63) is 0 Å². The molecule has 2 unspecified atom stereocenters. The molecule has 0 heterocycles. The third kappa shape index (κ3) is 22.7. The summed E-state index contributed by atoms with van der Waals surface area (Å²) in [6.07, 6.45) is 21.6. The monoisotopic (exact) mass is 472 g/mol. The molecule has 0 aromatic carbocycles. The molecule has 1 N–H and O–H groups in total. The summed E-state index contributed by atoms with van der Waals surface area (Å²) in [4.78, 5) is 0. The average Bonchev–Trinajstić information content (AvgIpc) is 2.67. The van der Waals surface area contributed by atoms with Gasteiger partial charge >= 0.3 is 51.4 Å². The minimum absolute atomic E-state index is 0. The molecule has 0 aromatic heterocycles. The molecule has 0 saturated carbocycles. The summed E-state index contributed by atoms with van der Waals surface area (Å²) < 4.78 is 33.6. The van der Waals surface area contributed by atoms with Crippen LogP contribution in [0.5, 0.6) is 0 Å². The van der Waals surface area contributed by atoms with Crippen LogP contribution < -0.4 is 51.4 Å². The van der Waals surface area contributed by atoms with Crippen LogP contribution in [0.15, 0.2) is 0 Å². The summed E-state index contributed by atoms with van der Waals surface area (Å²) in [5.41, 5.74) is 0. The van der Waals surface area contributed by atoms with E-state index in [1.807, 2.05) is 6.92 Å². The van der Waals surface area contributed by atoms with Gasteiger partial charge in [0.05, 0.1) is 16.2 Å². The molecule has 0 aliphatic rings. The Bertz CT molecular complexity index is 442. The second-order valence-electron chi connectivity index (χ2n) is 8.87. The molecule has 0 bridgehead atoms. The van der Waals surface area contributed by atoms with Gasteiger partial charge in [0, 0.05) is 5.25 Å². The second-order valence-corrected chi connectivity index (χ2v) is 10.5. The molecule has 0 amide bonds. The second kappa shape index (κ2) is 23.7. The van der Waals surface area contributed by atoms with Crippen LogP contribution in [0.1, 0.15) is 142 Å². The van der Waals surface area contributed by atoms with E-state index >= 15 is 0 Å². The Hall–Kier alpha value is 1.51. The van der Waals surface area contributed by atoms with Gasteiger partial charge in [-0.05, 0) is 25.7 Å². The van der Waals surface area contributed by atoms with Gasteiger partial charge in [-0.3, -0.25) is 0 Å². The Morgan fingerprint density at radius 2 is 0.967 bits per heavy atom. The summed E-state index contributed by atoms with van der Waals surface area (Å²) >= 11 is 0. The molecule has 30 heavy (non-hydrogen) atoms. The van der Waals surface area contributed by atoms with Gasteiger partial charge < -0.3 is 9.66 Å². The Kier molecular flexibility index (Phi) is 26.6. The largest absolute Gasteiger partial charge is 1.00 e. The Labute approximate surface area is 230 Å². The first-order chi connectivity index (χ1) is 13.9. The minimum atomic E-state index is -4.16. The molecule has 0 spiro atoms. The zero-order valence-electron chi connectivity index (χ0n) is 20.4. The van der Waals surface area contributed by atoms with Crippen molar-refractivity contribution in [2.45, 2.75) is 154 Å². The molecule has 4 nitrogen and oxygen atoms in total. The number of hydrogen-bond donors (Lipinski definition) is 1. The quantitative estimate of drug-likeness (QED) is 0.146. The molecule has 176 valence electrons. The Morgan fingerprint density at radius 1 is 0.600 bits per heavy atom. The first-order valence-electron chi connectivity index (χ1n) is 12.5. The van der Waals surface area contributed by atoms with Crippen LogP contribution in [0.2, 0.25) is 0 Å². The predicted octanol–water partition coefficient (Wildman–Crippen LogP) is 4.11. The SMILES string of the molecule is CCCCCCCCCCCCCCC(O)CCCCCC(CCC)S(=O)(=O)[O-].[K+]. The Morgan fingerprint density at radius 3 is 1.37 bits per heavy atom. The van der Waals surface area contributed by atoms with Gasteiger partial charge in [0.25, 0.3) is 0 Å². The van der Waals surface area contributed by atoms with Crippen molar-refractivity contribution in [1.29, 1.82) is 0 Å². The molecule has 0 aromatic rings. The molecule has 6 heteroatoms. The number of unbranched alkanes of at least 4 members (excludes halogenated alkanes) is 13. The van der Waals surface area contributed by atoms with Crippen LogP contribution in [0.3, 0.4) is 0 Å². The van der Waals surface area contributed by atoms with Gasteiger partial charge in [0.2, 0.25) is 0 Å². The molecular formula is C24H49KO4S. The summed E-state index contributed by atoms with van der Waals surface area (Å²) in [5.74, 6) is 0. The maximum absolute atomic E-state index is 11.2. The van der Waals surface area contributed by atoms with Gasteiger partial charge in [-0.1, -0.05) is 117 Å². The molecule has 0 rings (SSSR count). The third-order valence-corrected chi connectivity index (χ3v) is 7.26. The first-order valence-corrected chi connectivity index (χ1v) is 14.0. The maximum Gasteiger partial charge on any atom is 1.00 e.